The van der Waals surface area contributed by atoms with Crippen LogP contribution < -0.4 is 0 Å². The van der Waals surface area contributed by atoms with Gasteiger partial charge in [0.2, 0.25) is 0 Å². The Labute approximate surface area is 185 Å². The first kappa shape index (κ1) is 32.2. The third-order valence-corrected chi connectivity index (χ3v) is 12.1. The number of hydrogen-bond donors (Lipinski definition) is 0. The molecule has 0 amide bonds. The molecule has 22 heavy (non-hydrogen) atoms. The Morgan fingerprint density at radius 2 is 0.409 bits per heavy atom. The van der Waals surface area contributed by atoms with Crippen molar-refractivity contribution in [2.45, 2.75) is 78.6 Å². The van der Waals surface area contributed by atoms with E-state index in [-0.39, 0.29) is 94.6 Å². The largest absolute Gasteiger partial charge is 3.00 e. The molecular formula is C12H36N3NdSi6. The molecule has 0 bridgehead atoms. The van der Waals surface area contributed by atoms with Gasteiger partial charge >= 0.3 is 40.8 Å². The van der Waals surface area contributed by atoms with Crippen molar-refractivity contribution in [3.63, 3.8) is 0 Å². The van der Waals surface area contributed by atoms with Gasteiger partial charge < -0.3 is 13.9 Å². The molecule has 10 heteroatoms. The Hall–Kier alpha value is 2.53. The van der Waals surface area contributed by atoms with Crippen LogP contribution in [0.15, 0.2) is 0 Å². The first-order valence-corrected chi connectivity index (χ1v) is 22.0. The SMILES string of the molecule is C[Si](C)[N-][Si](C)C.C[Si](C)[N-][Si](C)C.C[Si](C)[N-][Si](C)C.[Nd+3]. The van der Waals surface area contributed by atoms with Crippen molar-refractivity contribution in [1.29, 1.82) is 0 Å². The molecule has 0 aromatic heterocycles. The number of hydrogen-bond acceptors (Lipinski definition) is 0. The van der Waals surface area contributed by atoms with Crippen molar-refractivity contribution in [3.8, 4) is 0 Å². The summed E-state index contributed by atoms with van der Waals surface area (Å²) in [6.07, 6.45) is 0. The minimum absolute atomic E-state index is 0. The molecule has 127 valence electrons. The summed E-state index contributed by atoms with van der Waals surface area (Å²) in [5.41, 5.74) is 0. The maximum atomic E-state index is 4.48. The second-order valence-corrected chi connectivity index (χ2v) is 20.1. The topological polar surface area (TPSA) is 42.3 Å². The van der Waals surface area contributed by atoms with E-state index in [0.717, 1.165) is 0 Å². The van der Waals surface area contributed by atoms with E-state index in [0.29, 0.717) is 0 Å². The summed E-state index contributed by atoms with van der Waals surface area (Å²) >= 11 is 0. The van der Waals surface area contributed by atoms with Crippen molar-refractivity contribution in [2.24, 2.45) is 0 Å². The molecule has 0 heterocycles. The Morgan fingerprint density at radius 1 is 0.318 bits per heavy atom. The smallest absolute Gasteiger partial charge is 0.673 e. The van der Waals surface area contributed by atoms with Crippen LogP contribution in [0.4, 0.5) is 0 Å². The van der Waals surface area contributed by atoms with Crippen LogP contribution in [0.2, 0.25) is 78.6 Å². The fraction of sp³-hybridized carbons (Fsp3) is 1.00. The summed E-state index contributed by atoms with van der Waals surface area (Å²) in [4.78, 5) is 0. The average Bonchev–Trinajstić information content (AvgIpc) is 2.10. The zero-order chi connectivity index (χ0) is 17.6. The molecule has 0 aromatic carbocycles. The second-order valence-electron chi connectivity index (χ2n) is 6.02. The average molecular weight is 535 g/mol. The minimum atomic E-state index is -0.264. The van der Waals surface area contributed by atoms with Crippen LogP contribution in [0.5, 0.6) is 0 Å². The summed E-state index contributed by atoms with van der Waals surface area (Å²) in [7, 11) is -1.58. The molecule has 0 saturated carbocycles. The number of rotatable bonds is 6. The van der Waals surface area contributed by atoms with Gasteiger partial charge in [0.15, 0.2) is 0 Å². The van der Waals surface area contributed by atoms with Crippen molar-refractivity contribution >= 4 is 53.7 Å². The second kappa shape index (κ2) is 21.6. The van der Waals surface area contributed by atoms with Crippen LogP contribution in [0.3, 0.4) is 0 Å². The zero-order valence-electron chi connectivity index (χ0n) is 16.8. The van der Waals surface area contributed by atoms with Crippen LogP contribution in [0, 0.1) is 40.8 Å². The van der Waals surface area contributed by atoms with Crippen molar-refractivity contribution in [1.82, 2.24) is 0 Å². The molecule has 0 fully saturated rings. The van der Waals surface area contributed by atoms with Gasteiger partial charge in [-0.3, -0.25) is 0 Å². The molecule has 0 N–H and O–H groups in total. The van der Waals surface area contributed by atoms with E-state index < -0.39 is 0 Å². The van der Waals surface area contributed by atoms with Gasteiger partial charge in [-0.25, -0.2) is 0 Å². The summed E-state index contributed by atoms with van der Waals surface area (Å²) < 4.78 is 13.4. The molecule has 0 aliphatic carbocycles. The number of nitrogens with zero attached hydrogens (tertiary/aromatic N) is 3. The van der Waals surface area contributed by atoms with Crippen molar-refractivity contribution in [2.75, 3.05) is 0 Å². The van der Waals surface area contributed by atoms with E-state index in [9.17, 15) is 0 Å². The molecular weight excluding hydrogens is 499 g/mol. The summed E-state index contributed by atoms with van der Waals surface area (Å²) in [5, 5.41) is 0. The fourth-order valence-corrected chi connectivity index (χ4v) is 12.1. The molecule has 3 nitrogen and oxygen atoms in total. The molecule has 7 radical (unpaired) electrons. The standard InChI is InChI=1S/3C4H12NSi2.Nd/c3*1-6(2)5-7(3)4;/h3*1-4H3;/q3*-1;+3. The fourth-order valence-electron chi connectivity index (χ4n) is 1.34. The first-order valence-electron chi connectivity index (χ1n) is 7.34. The predicted octanol–water partition coefficient (Wildman–Crippen LogP) is 5.59. The van der Waals surface area contributed by atoms with E-state index in [1.807, 2.05) is 0 Å². The summed E-state index contributed by atoms with van der Waals surface area (Å²) in [6, 6.07) is 0. The van der Waals surface area contributed by atoms with Gasteiger partial charge in [0.05, 0.1) is 0 Å². The van der Waals surface area contributed by atoms with Crippen molar-refractivity contribution < 1.29 is 40.8 Å². The molecule has 0 rings (SSSR count). The Morgan fingerprint density at radius 3 is 0.409 bits per heavy atom. The third kappa shape index (κ3) is 49.5. The maximum absolute atomic E-state index is 4.48. The molecule has 0 atom stereocenters. The first-order chi connectivity index (χ1) is 9.38. The van der Waals surface area contributed by atoms with Crippen LogP contribution >= 0.6 is 0 Å². The predicted molar refractivity (Wildman–Crippen MR) is 115 cm³/mol. The van der Waals surface area contributed by atoms with Gasteiger partial charge in [-0.05, 0) is 0 Å². The minimum Gasteiger partial charge on any atom is -0.673 e. The van der Waals surface area contributed by atoms with Gasteiger partial charge in [-0.1, -0.05) is 132 Å². The Kier molecular flexibility index (Phi) is 31.6. The van der Waals surface area contributed by atoms with Crippen molar-refractivity contribution in [3.05, 3.63) is 13.9 Å². The summed E-state index contributed by atoms with van der Waals surface area (Å²) in [6.45, 7) is 26.7. The molecule has 0 aromatic rings. The summed E-state index contributed by atoms with van der Waals surface area (Å²) in [5.74, 6) is 0. The van der Waals surface area contributed by atoms with Gasteiger partial charge in [-0.15, -0.1) is 0 Å². The molecule has 0 spiro atoms. The Bertz CT molecular complexity index is 156. The van der Waals surface area contributed by atoms with Crippen LogP contribution in [0.1, 0.15) is 0 Å². The van der Waals surface area contributed by atoms with Crippen LogP contribution in [0.25, 0.3) is 13.9 Å². The quantitative estimate of drug-likeness (QED) is 0.399. The van der Waals surface area contributed by atoms with E-state index in [1.54, 1.807) is 0 Å². The van der Waals surface area contributed by atoms with Gasteiger partial charge in [0.25, 0.3) is 0 Å². The monoisotopic (exact) mass is 532 g/mol. The Balaban J connectivity index is -0.000000108. The van der Waals surface area contributed by atoms with E-state index in [4.69, 9.17) is 0 Å². The molecule has 0 aliphatic heterocycles. The zero-order valence-corrected chi connectivity index (χ0v) is 26.0. The normalized spacial score (nSPS) is 10.6. The van der Waals surface area contributed by atoms with Gasteiger partial charge in [0.1, 0.15) is 0 Å². The van der Waals surface area contributed by atoms with Gasteiger partial charge in [-0.2, -0.15) is 0 Å². The van der Waals surface area contributed by atoms with E-state index >= 15 is 0 Å². The molecule has 0 aliphatic rings. The van der Waals surface area contributed by atoms with E-state index in [1.165, 1.54) is 0 Å². The molecule has 0 saturated heterocycles. The third-order valence-electron chi connectivity index (χ3n) is 1.34. The molecule has 0 unspecified atom stereocenters. The van der Waals surface area contributed by atoms with Crippen LogP contribution in [-0.4, -0.2) is 53.7 Å². The van der Waals surface area contributed by atoms with Gasteiger partial charge in [0, 0.05) is 0 Å². The maximum Gasteiger partial charge on any atom is 3.00 e. The van der Waals surface area contributed by atoms with E-state index in [2.05, 4.69) is 92.5 Å². The van der Waals surface area contributed by atoms with Crippen LogP contribution in [-0.2, 0) is 0 Å².